The summed E-state index contributed by atoms with van der Waals surface area (Å²) in [5.41, 5.74) is 0. The average molecular weight is 179 g/mol. The van der Waals surface area contributed by atoms with Crippen molar-refractivity contribution in [2.24, 2.45) is 5.92 Å². The predicted octanol–water partition coefficient (Wildman–Crippen LogP) is 2.10. The van der Waals surface area contributed by atoms with Gasteiger partial charge in [-0.15, -0.1) is 0 Å². The number of aromatic nitrogens is 3. The van der Waals surface area contributed by atoms with Crippen molar-refractivity contribution in [3.05, 3.63) is 11.6 Å². The lowest BCUT2D eigenvalue weighted by molar-refractivity contribution is 0.531. The maximum absolute atomic E-state index is 4.43. The lowest BCUT2D eigenvalue weighted by Crippen LogP contribution is -2.00. The number of nitrogens with one attached hydrogen (secondary N) is 1. The van der Waals surface area contributed by atoms with Gasteiger partial charge in [-0.3, -0.25) is 5.10 Å². The molecule has 0 radical (unpaired) electrons. The summed E-state index contributed by atoms with van der Waals surface area (Å²) in [6.45, 7) is 2.09. The van der Waals surface area contributed by atoms with E-state index in [9.17, 15) is 0 Å². The Morgan fingerprint density at radius 1 is 1.38 bits per heavy atom. The van der Waals surface area contributed by atoms with Gasteiger partial charge in [0.25, 0.3) is 0 Å². The second-order valence-electron chi connectivity index (χ2n) is 3.91. The second kappa shape index (κ2) is 3.90. The third kappa shape index (κ3) is 2.08. The highest BCUT2D eigenvalue weighted by Crippen LogP contribution is 2.26. The quantitative estimate of drug-likeness (QED) is 0.772. The van der Waals surface area contributed by atoms with Gasteiger partial charge in [-0.1, -0.05) is 32.6 Å². The molecule has 1 saturated carbocycles. The van der Waals surface area contributed by atoms with E-state index in [-0.39, 0.29) is 0 Å². The molecule has 0 unspecified atom stereocenters. The first-order valence-electron chi connectivity index (χ1n) is 5.28. The van der Waals surface area contributed by atoms with Gasteiger partial charge in [0.05, 0.1) is 0 Å². The van der Waals surface area contributed by atoms with Crippen molar-refractivity contribution in [2.75, 3.05) is 0 Å². The van der Waals surface area contributed by atoms with Crippen LogP contribution in [0.2, 0.25) is 0 Å². The van der Waals surface area contributed by atoms with Crippen molar-refractivity contribution in [3.63, 3.8) is 0 Å². The first-order valence-corrected chi connectivity index (χ1v) is 5.28. The van der Waals surface area contributed by atoms with Crippen molar-refractivity contribution in [3.8, 4) is 0 Å². The van der Waals surface area contributed by atoms with Crippen LogP contribution in [0.5, 0.6) is 0 Å². The van der Waals surface area contributed by atoms with E-state index in [2.05, 4.69) is 22.1 Å². The van der Waals surface area contributed by atoms with Crippen molar-refractivity contribution in [2.45, 2.75) is 45.4 Å². The largest absolute Gasteiger partial charge is 0.263 e. The molecule has 2 rings (SSSR count). The molecule has 3 nitrogen and oxygen atoms in total. The molecule has 3 heteroatoms. The Balaban J connectivity index is 1.92. The van der Waals surface area contributed by atoms with E-state index >= 15 is 0 Å². The van der Waals surface area contributed by atoms with Crippen LogP contribution in [0.3, 0.4) is 0 Å². The van der Waals surface area contributed by atoms with Gasteiger partial charge in [-0.2, -0.15) is 5.10 Å². The molecular weight excluding hydrogens is 162 g/mol. The Hall–Kier alpha value is -0.860. The van der Waals surface area contributed by atoms with E-state index in [4.69, 9.17) is 0 Å². The maximum Gasteiger partial charge on any atom is 0.150 e. The number of rotatable bonds is 3. The first-order chi connectivity index (χ1) is 6.38. The molecule has 1 aromatic heterocycles. The molecule has 13 heavy (non-hydrogen) atoms. The van der Waals surface area contributed by atoms with Crippen LogP contribution in [0.4, 0.5) is 0 Å². The summed E-state index contributed by atoms with van der Waals surface area (Å²) in [5, 5.41) is 7.16. The number of nitrogens with zero attached hydrogens (tertiary/aromatic N) is 2. The van der Waals surface area contributed by atoms with Gasteiger partial charge in [0.15, 0.2) is 0 Å². The third-order valence-corrected chi connectivity index (χ3v) is 2.85. The van der Waals surface area contributed by atoms with E-state index in [1.165, 1.54) is 25.7 Å². The van der Waals surface area contributed by atoms with Crippen molar-refractivity contribution in [1.29, 1.82) is 0 Å². The molecule has 1 aliphatic rings. The molecule has 0 aliphatic heterocycles. The highest BCUT2D eigenvalue weighted by atomic mass is 15.2. The van der Waals surface area contributed by atoms with Gasteiger partial charge in [-0.05, 0) is 5.92 Å². The number of aromatic amines is 1. The zero-order chi connectivity index (χ0) is 9.10. The van der Waals surface area contributed by atoms with Crippen LogP contribution in [0, 0.1) is 5.92 Å². The predicted molar refractivity (Wildman–Crippen MR) is 51.4 cm³/mol. The topological polar surface area (TPSA) is 41.6 Å². The summed E-state index contributed by atoms with van der Waals surface area (Å²) in [5.74, 6) is 2.90. The van der Waals surface area contributed by atoms with Crippen LogP contribution in [0.1, 0.15) is 44.3 Å². The zero-order valence-electron chi connectivity index (χ0n) is 8.21. The molecule has 0 saturated heterocycles. The molecule has 1 aliphatic carbocycles. The molecule has 1 N–H and O–H groups in total. The molecule has 1 fully saturated rings. The van der Waals surface area contributed by atoms with Gasteiger partial charge in [0.1, 0.15) is 11.6 Å². The summed E-state index contributed by atoms with van der Waals surface area (Å²) < 4.78 is 0. The molecule has 0 spiro atoms. The fraction of sp³-hybridized carbons (Fsp3) is 0.800. The Labute approximate surface area is 79.0 Å². The van der Waals surface area contributed by atoms with Gasteiger partial charge in [-0.25, -0.2) is 4.98 Å². The normalized spacial score (nSPS) is 18.2. The Morgan fingerprint density at radius 2 is 2.15 bits per heavy atom. The minimum atomic E-state index is 0.859. The summed E-state index contributed by atoms with van der Waals surface area (Å²) >= 11 is 0. The van der Waals surface area contributed by atoms with Gasteiger partial charge in [0.2, 0.25) is 0 Å². The summed E-state index contributed by atoms with van der Waals surface area (Å²) in [6, 6.07) is 0. The van der Waals surface area contributed by atoms with E-state index in [0.717, 1.165) is 30.4 Å². The average Bonchev–Trinajstić information content (AvgIpc) is 2.76. The van der Waals surface area contributed by atoms with E-state index in [0.29, 0.717) is 0 Å². The minimum Gasteiger partial charge on any atom is -0.263 e. The summed E-state index contributed by atoms with van der Waals surface area (Å²) in [6.07, 6.45) is 7.59. The third-order valence-electron chi connectivity index (χ3n) is 2.85. The molecule has 0 aromatic carbocycles. The SMILES string of the molecule is CCc1n[nH]c(CC2CCCC2)n1. The van der Waals surface area contributed by atoms with Crippen LogP contribution < -0.4 is 0 Å². The smallest absolute Gasteiger partial charge is 0.150 e. The lowest BCUT2D eigenvalue weighted by atomic mass is 10.0. The van der Waals surface area contributed by atoms with Gasteiger partial charge in [0, 0.05) is 12.8 Å². The number of hydrogen-bond donors (Lipinski definition) is 1. The Kier molecular flexibility index (Phi) is 2.62. The first kappa shape index (κ1) is 8.73. The molecule has 1 heterocycles. The lowest BCUT2D eigenvalue weighted by Gasteiger charge is -2.03. The zero-order valence-corrected chi connectivity index (χ0v) is 8.21. The maximum atomic E-state index is 4.43. The minimum absolute atomic E-state index is 0.859. The van der Waals surface area contributed by atoms with E-state index in [1.54, 1.807) is 0 Å². The van der Waals surface area contributed by atoms with Crippen LogP contribution >= 0.6 is 0 Å². The molecule has 0 amide bonds. The molecular formula is C10H17N3. The van der Waals surface area contributed by atoms with Crippen molar-refractivity contribution < 1.29 is 0 Å². The van der Waals surface area contributed by atoms with Crippen molar-refractivity contribution in [1.82, 2.24) is 15.2 Å². The van der Waals surface area contributed by atoms with Crippen LogP contribution in [0.15, 0.2) is 0 Å². The van der Waals surface area contributed by atoms with E-state index < -0.39 is 0 Å². The van der Waals surface area contributed by atoms with Gasteiger partial charge < -0.3 is 0 Å². The van der Waals surface area contributed by atoms with Crippen LogP contribution in [-0.2, 0) is 12.8 Å². The Bertz CT molecular complexity index is 261. The van der Waals surface area contributed by atoms with E-state index in [1.807, 2.05) is 0 Å². The summed E-state index contributed by atoms with van der Waals surface area (Å²) in [4.78, 5) is 4.43. The molecule has 0 bridgehead atoms. The monoisotopic (exact) mass is 179 g/mol. The second-order valence-corrected chi connectivity index (χ2v) is 3.91. The standard InChI is InChI=1S/C10H17N3/c1-2-9-11-10(13-12-9)7-8-5-3-4-6-8/h8H,2-7H2,1H3,(H,11,12,13). The van der Waals surface area contributed by atoms with Crippen molar-refractivity contribution >= 4 is 0 Å². The number of H-pyrrole nitrogens is 1. The number of aryl methyl sites for hydroxylation is 1. The molecule has 1 aromatic rings. The summed E-state index contributed by atoms with van der Waals surface area (Å²) in [7, 11) is 0. The van der Waals surface area contributed by atoms with Crippen LogP contribution in [-0.4, -0.2) is 15.2 Å². The Morgan fingerprint density at radius 3 is 2.77 bits per heavy atom. The molecule has 72 valence electrons. The fourth-order valence-electron chi connectivity index (χ4n) is 2.07. The van der Waals surface area contributed by atoms with Gasteiger partial charge >= 0.3 is 0 Å². The fourth-order valence-corrected chi connectivity index (χ4v) is 2.07. The van der Waals surface area contributed by atoms with Crippen LogP contribution in [0.25, 0.3) is 0 Å². The highest BCUT2D eigenvalue weighted by molar-refractivity contribution is 4.92. The molecule has 0 atom stereocenters. The highest BCUT2D eigenvalue weighted by Gasteiger charge is 2.16. The number of hydrogen-bond acceptors (Lipinski definition) is 2.